The first kappa shape index (κ1) is 21.6. The van der Waals surface area contributed by atoms with Gasteiger partial charge in [-0.2, -0.15) is 0 Å². The number of carboxylic acids is 1. The van der Waals surface area contributed by atoms with Crippen molar-refractivity contribution in [1.29, 1.82) is 0 Å². The fourth-order valence-corrected chi connectivity index (χ4v) is 3.51. The predicted octanol–water partition coefficient (Wildman–Crippen LogP) is 3.25. The molecule has 0 aromatic heterocycles. The average molecular weight is 437 g/mol. The highest BCUT2D eigenvalue weighted by atomic mass is 35.5. The number of carbonyl (C=O) groups excluding carboxylic acids is 1. The molecule has 1 saturated heterocycles. The second-order valence-corrected chi connectivity index (χ2v) is 7.77. The van der Waals surface area contributed by atoms with Crippen LogP contribution in [-0.4, -0.2) is 54.2 Å². The van der Waals surface area contributed by atoms with Gasteiger partial charge >= 0.3 is 5.97 Å². The van der Waals surface area contributed by atoms with E-state index in [1.807, 2.05) is 12.1 Å². The Labute approximate surface area is 179 Å². The van der Waals surface area contributed by atoms with E-state index in [0.717, 1.165) is 24.2 Å². The van der Waals surface area contributed by atoms with Crippen LogP contribution < -0.4 is 5.32 Å². The molecule has 3 rings (SSSR count). The summed E-state index contributed by atoms with van der Waals surface area (Å²) in [5, 5.41) is 12.9. The summed E-state index contributed by atoms with van der Waals surface area (Å²) in [5.41, 5.74) is 2.04. The Morgan fingerprint density at radius 3 is 2.52 bits per heavy atom. The van der Waals surface area contributed by atoms with Crippen LogP contribution >= 0.6 is 23.2 Å². The molecule has 0 aliphatic carbocycles. The minimum atomic E-state index is -0.985. The van der Waals surface area contributed by atoms with E-state index in [1.54, 1.807) is 18.2 Å². The largest absolute Gasteiger partial charge is 0.478 e. The number of hydrogen-bond acceptors (Lipinski definition) is 4. The van der Waals surface area contributed by atoms with E-state index in [1.165, 1.54) is 12.1 Å². The SMILES string of the molecule is O=C(Cc1ccc(C(=O)O)cc1)NCC1CN(Cc2ccc(Cl)c(Cl)c2)CCO1. The molecule has 1 heterocycles. The molecule has 0 spiro atoms. The van der Waals surface area contributed by atoms with Crippen molar-refractivity contribution in [3.05, 3.63) is 69.2 Å². The Balaban J connectivity index is 1.45. The van der Waals surface area contributed by atoms with E-state index < -0.39 is 5.97 Å². The Hall–Kier alpha value is -2.12. The van der Waals surface area contributed by atoms with Crippen LogP contribution in [0.2, 0.25) is 10.0 Å². The zero-order valence-corrected chi connectivity index (χ0v) is 17.2. The first-order valence-electron chi connectivity index (χ1n) is 9.27. The number of carboxylic acid groups (broad SMARTS) is 1. The maximum atomic E-state index is 12.2. The van der Waals surface area contributed by atoms with Gasteiger partial charge in [0.15, 0.2) is 0 Å². The quantitative estimate of drug-likeness (QED) is 0.696. The van der Waals surface area contributed by atoms with Crippen molar-refractivity contribution in [2.45, 2.75) is 19.1 Å². The van der Waals surface area contributed by atoms with Crippen LogP contribution in [0, 0.1) is 0 Å². The summed E-state index contributed by atoms with van der Waals surface area (Å²) >= 11 is 12.0. The molecular weight excluding hydrogens is 415 g/mol. The number of ether oxygens (including phenoxy) is 1. The van der Waals surface area contributed by atoms with Crippen molar-refractivity contribution in [1.82, 2.24) is 10.2 Å². The third kappa shape index (κ3) is 6.44. The monoisotopic (exact) mass is 436 g/mol. The number of halogens is 2. The first-order chi connectivity index (χ1) is 13.9. The standard InChI is InChI=1S/C21H22Cl2N2O4/c22-18-6-3-15(9-19(18)23)12-25-7-8-29-17(13-25)11-24-20(26)10-14-1-4-16(5-2-14)21(27)28/h1-6,9,17H,7-8,10-13H2,(H,24,26)(H,27,28). The second kappa shape index (κ2) is 10.1. The Morgan fingerprint density at radius 1 is 1.10 bits per heavy atom. The lowest BCUT2D eigenvalue weighted by molar-refractivity contribution is -0.121. The summed E-state index contributed by atoms with van der Waals surface area (Å²) in [7, 11) is 0. The predicted molar refractivity (Wildman–Crippen MR) is 112 cm³/mol. The highest BCUT2D eigenvalue weighted by Crippen LogP contribution is 2.23. The third-order valence-corrected chi connectivity index (χ3v) is 5.44. The van der Waals surface area contributed by atoms with Crippen molar-refractivity contribution in [3.8, 4) is 0 Å². The van der Waals surface area contributed by atoms with Crippen LogP contribution in [0.25, 0.3) is 0 Å². The highest BCUT2D eigenvalue weighted by Gasteiger charge is 2.21. The van der Waals surface area contributed by atoms with E-state index >= 15 is 0 Å². The van der Waals surface area contributed by atoms with Gasteiger partial charge in [-0.25, -0.2) is 4.79 Å². The molecule has 2 N–H and O–H groups in total. The lowest BCUT2D eigenvalue weighted by atomic mass is 10.1. The molecule has 0 saturated carbocycles. The minimum absolute atomic E-state index is 0.0927. The summed E-state index contributed by atoms with van der Waals surface area (Å²) in [6.45, 7) is 3.26. The summed E-state index contributed by atoms with van der Waals surface area (Å²) in [4.78, 5) is 25.3. The van der Waals surface area contributed by atoms with Gasteiger partial charge in [-0.1, -0.05) is 41.4 Å². The molecule has 0 radical (unpaired) electrons. The van der Waals surface area contributed by atoms with E-state index in [-0.39, 0.29) is 24.0 Å². The second-order valence-electron chi connectivity index (χ2n) is 6.96. The molecule has 154 valence electrons. The van der Waals surface area contributed by atoms with Gasteiger partial charge < -0.3 is 15.2 Å². The Bertz CT molecular complexity index is 873. The molecule has 2 aromatic carbocycles. The van der Waals surface area contributed by atoms with Crippen LogP contribution in [0.4, 0.5) is 0 Å². The van der Waals surface area contributed by atoms with Crippen LogP contribution in [0.5, 0.6) is 0 Å². The van der Waals surface area contributed by atoms with Crippen molar-refractivity contribution >= 4 is 35.1 Å². The number of carbonyl (C=O) groups is 2. The zero-order valence-electron chi connectivity index (χ0n) is 15.7. The van der Waals surface area contributed by atoms with Gasteiger partial charge in [0.2, 0.25) is 5.91 Å². The molecule has 8 heteroatoms. The fourth-order valence-electron chi connectivity index (χ4n) is 3.18. The number of aromatic carboxylic acids is 1. The van der Waals surface area contributed by atoms with Gasteiger partial charge in [-0.15, -0.1) is 0 Å². The molecule has 29 heavy (non-hydrogen) atoms. The maximum absolute atomic E-state index is 12.2. The van der Waals surface area contributed by atoms with Crippen molar-refractivity contribution in [2.24, 2.45) is 0 Å². The number of nitrogens with zero attached hydrogens (tertiary/aromatic N) is 1. The molecule has 2 aromatic rings. The van der Waals surface area contributed by atoms with Crippen LogP contribution in [0.1, 0.15) is 21.5 Å². The summed E-state index contributed by atoms with van der Waals surface area (Å²) in [6, 6.07) is 11.9. The van der Waals surface area contributed by atoms with Crippen LogP contribution in [0.15, 0.2) is 42.5 Å². The smallest absolute Gasteiger partial charge is 0.335 e. The van der Waals surface area contributed by atoms with Gasteiger partial charge in [-0.05, 0) is 35.4 Å². The van der Waals surface area contributed by atoms with Gasteiger partial charge in [0.05, 0.1) is 34.7 Å². The Kier molecular flexibility index (Phi) is 7.50. The molecule has 6 nitrogen and oxygen atoms in total. The Morgan fingerprint density at radius 2 is 1.83 bits per heavy atom. The summed E-state index contributed by atoms with van der Waals surface area (Å²) in [6.07, 6.45) is 0.101. The molecule has 1 unspecified atom stereocenters. The number of nitrogens with one attached hydrogen (secondary N) is 1. The molecule has 1 atom stereocenters. The summed E-state index contributed by atoms with van der Waals surface area (Å²) in [5.74, 6) is -1.11. The molecular formula is C21H22Cl2N2O4. The molecule has 1 amide bonds. The number of hydrogen-bond donors (Lipinski definition) is 2. The fraction of sp³-hybridized carbons (Fsp3) is 0.333. The topological polar surface area (TPSA) is 78.9 Å². The highest BCUT2D eigenvalue weighted by molar-refractivity contribution is 6.42. The van der Waals surface area contributed by atoms with Crippen molar-refractivity contribution in [3.63, 3.8) is 0 Å². The number of morpholine rings is 1. The van der Waals surface area contributed by atoms with E-state index in [9.17, 15) is 9.59 Å². The molecule has 1 fully saturated rings. The third-order valence-electron chi connectivity index (χ3n) is 4.71. The molecule has 1 aliphatic rings. The molecule has 1 aliphatic heterocycles. The van der Waals surface area contributed by atoms with Gasteiger partial charge in [0, 0.05) is 26.2 Å². The van der Waals surface area contributed by atoms with E-state index in [0.29, 0.717) is 29.7 Å². The van der Waals surface area contributed by atoms with Crippen molar-refractivity contribution in [2.75, 3.05) is 26.2 Å². The maximum Gasteiger partial charge on any atom is 0.335 e. The van der Waals surface area contributed by atoms with Crippen LogP contribution in [0.3, 0.4) is 0 Å². The normalized spacial score (nSPS) is 17.1. The van der Waals surface area contributed by atoms with Gasteiger partial charge in [0.25, 0.3) is 0 Å². The minimum Gasteiger partial charge on any atom is -0.478 e. The van der Waals surface area contributed by atoms with E-state index in [2.05, 4.69) is 10.2 Å². The number of amides is 1. The van der Waals surface area contributed by atoms with Crippen LogP contribution in [-0.2, 0) is 22.5 Å². The van der Waals surface area contributed by atoms with Gasteiger partial charge in [0.1, 0.15) is 0 Å². The number of benzene rings is 2. The lowest BCUT2D eigenvalue weighted by Gasteiger charge is -2.33. The summed E-state index contributed by atoms with van der Waals surface area (Å²) < 4.78 is 5.76. The lowest BCUT2D eigenvalue weighted by Crippen LogP contribution is -2.47. The van der Waals surface area contributed by atoms with Crippen molar-refractivity contribution < 1.29 is 19.4 Å². The van der Waals surface area contributed by atoms with E-state index in [4.69, 9.17) is 33.0 Å². The first-order valence-corrected chi connectivity index (χ1v) is 10.0. The number of rotatable bonds is 7. The molecule has 0 bridgehead atoms. The van der Waals surface area contributed by atoms with Gasteiger partial charge in [-0.3, -0.25) is 9.69 Å². The zero-order chi connectivity index (χ0) is 20.8. The average Bonchev–Trinajstić information content (AvgIpc) is 2.70.